The Bertz CT molecular complexity index is 344. The molecule has 0 aliphatic rings. The summed E-state index contributed by atoms with van der Waals surface area (Å²) < 4.78 is 11.4. The highest BCUT2D eigenvalue weighted by molar-refractivity contribution is 5.41. The molecule has 1 aromatic rings. The fourth-order valence-electron chi connectivity index (χ4n) is 2.16. The molecule has 0 saturated carbocycles. The molecule has 0 saturated heterocycles. The zero-order chi connectivity index (χ0) is 15.3. The Hall–Kier alpha value is -1.38. The van der Waals surface area contributed by atoms with Gasteiger partial charge in [-0.1, -0.05) is 52.4 Å². The second-order valence-corrected chi connectivity index (χ2v) is 5.48. The first-order valence-electron chi connectivity index (χ1n) is 8.36. The number of aromatic hydroxyl groups is 1. The standard InChI is InChI=1S/C18H30O3/c1-3-5-7-9-11-20-17-13-16(19)14-18(15-17)21-12-10-8-6-4-2/h13-15,19H,3-12H2,1-2H3. The average molecular weight is 294 g/mol. The van der Waals surface area contributed by atoms with Gasteiger partial charge < -0.3 is 14.6 Å². The summed E-state index contributed by atoms with van der Waals surface area (Å²) in [5, 5.41) is 9.72. The van der Waals surface area contributed by atoms with E-state index in [9.17, 15) is 5.11 Å². The van der Waals surface area contributed by atoms with E-state index >= 15 is 0 Å². The Morgan fingerprint density at radius 2 is 1.19 bits per heavy atom. The predicted molar refractivity (Wildman–Crippen MR) is 87.4 cm³/mol. The molecule has 0 bridgehead atoms. The quantitative estimate of drug-likeness (QED) is 0.531. The summed E-state index contributed by atoms with van der Waals surface area (Å²) >= 11 is 0. The summed E-state index contributed by atoms with van der Waals surface area (Å²) in [4.78, 5) is 0. The molecule has 3 nitrogen and oxygen atoms in total. The van der Waals surface area contributed by atoms with Crippen LogP contribution in [0.4, 0.5) is 0 Å². The van der Waals surface area contributed by atoms with Crippen molar-refractivity contribution in [1.82, 2.24) is 0 Å². The summed E-state index contributed by atoms with van der Waals surface area (Å²) in [6, 6.07) is 5.15. The Morgan fingerprint density at radius 3 is 1.62 bits per heavy atom. The average Bonchev–Trinajstić information content (AvgIpc) is 2.46. The van der Waals surface area contributed by atoms with Gasteiger partial charge in [-0.05, 0) is 12.8 Å². The van der Waals surface area contributed by atoms with Gasteiger partial charge >= 0.3 is 0 Å². The fourth-order valence-corrected chi connectivity index (χ4v) is 2.16. The third-order valence-corrected chi connectivity index (χ3v) is 3.40. The maximum atomic E-state index is 9.72. The molecule has 120 valence electrons. The van der Waals surface area contributed by atoms with E-state index in [1.807, 2.05) is 6.07 Å². The molecule has 1 rings (SSSR count). The van der Waals surface area contributed by atoms with Gasteiger partial charge in [-0.25, -0.2) is 0 Å². The molecule has 1 N–H and O–H groups in total. The molecule has 0 atom stereocenters. The van der Waals surface area contributed by atoms with Gasteiger partial charge in [0.05, 0.1) is 13.2 Å². The van der Waals surface area contributed by atoms with E-state index in [0.29, 0.717) is 24.7 Å². The van der Waals surface area contributed by atoms with E-state index in [-0.39, 0.29) is 5.75 Å². The van der Waals surface area contributed by atoms with E-state index in [1.165, 1.54) is 38.5 Å². The van der Waals surface area contributed by atoms with E-state index < -0.39 is 0 Å². The highest BCUT2D eigenvalue weighted by atomic mass is 16.5. The fraction of sp³-hybridized carbons (Fsp3) is 0.667. The first-order valence-corrected chi connectivity index (χ1v) is 8.36. The van der Waals surface area contributed by atoms with Crippen LogP contribution >= 0.6 is 0 Å². The number of benzene rings is 1. The topological polar surface area (TPSA) is 38.7 Å². The van der Waals surface area contributed by atoms with Gasteiger partial charge in [0.15, 0.2) is 0 Å². The monoisotopic (exact) mass is 294 g/mol. The molecule has 0 radical (unpaired) electrons. The predicted octanol–water partition coefficient (Wildman–Crippen LogP) is 5.31. The van der Waals surface area contributed by atoms with Crippen LogP contribution in [-0.4, -0.2) is 18.3 Å². The van der Waals surface area contributed by atoms with Gasteiger partial charge in [0.1, 0.15) is 17.2 Å². The number of phenolic OH excluding ortho intramolecular Hbond substituents is 1. The lowest BCUT2D eigenvalue weighted by Crippen LogP contribution is -2.00. The van der Waals surface area contributed by atoms with E-state index in [4.69, 9.17) is 9.47 Å². The highest BCUT2D eigenvalue weighted by Gasteiger charge is 2.03. The second-order valence-electron chi connectivity index (χ2n) is 5.48. The number of phenols is 1. The van der Waals surface area contributed by atoms with Gasteiger partial charge in [-0.15, -0.1) is 0 Å². The highest BCUT2D eigenvalue weighted by Crippen LogP contribution is 2.27. The Labute approximate surface area is 129 Å². The molecule has 0 aliphatic heterocycles. The molecule has 0 fully saturated rings. The van der Waals surface area contributed by atoms with Crippen molar-refractivity contribution in [3.63, 3.8) is 0 Å². The molecule has 1 aromatic carbocycles. The minimum absolute atomic E-state index is 0.199. The molecule has 0 aromatic heterocycles. The van der Waals surface area contributed by atoms with Crippen molar-refractivity contribution < 1.29 is 14.6 Å². The third kappa shape index (κ3) is 8.49. The van der Waals surface area contributed by atoms with Gasteiger partial charge in [0.25, 0.3) is 0 Å². The van der Waals surface area contributed by atoms with E-state index in [1.54, 1.807) is 12.1 Å². The van der Waals surface area contributed by atoms with Gasteiger partial charge in [0, 0.05) is 18.2 Å². The molecule has 0 unspecified atom stereocenters. The first kappa shape index (κ1) is 17.7. The molecule has 0 heterocycles. The minimum Gasteiger partial charge on any atom is -0.508 e. The van der Waals surface area contributed by atoms with Crippen LogP contribution in [-0.2, 0) is 0 Å². The summed E-state index contributed by atoms with van der Waals surface area (Å²) in [7, 11) is 0. The maximum Gasteiger partial charge on any atom is 0.126 e. The largest absolute Gasteiger partial charge is 0.508 e. The van der Waals surface area contributed by atoms with Crippen molar-refractivity contribution in [2.24, 2.45) is 0 Å². The molecular formula is C18H30O3. The van der Waals surface area contributed by atoms with Crippen molar-refractivity contribution in [3.8, 4) is 17.2 Å². The lowest BCUT2D eigenvalue weighted by molar-refractivity contribution is 0.287. The van der Waals surface area contributed by atoms with Crippen molar-refractivity contribution >= 4 is 0 Å². The number of ether oxygens (including phenoxy) is 2. The third-order valence-electron chi connectivity index (χ3n) is 3.40. The zero-order valence-corrected chi connectivity index (χ0v) is 13.6. The summed E-state index contributed by atoms with van der Waals surface area (Å²) in [6.07, 6.45) is 9.43. The molecular weight excluding hydrogens is 264 g/mol. The summed E-state index contributed by atoms with van der Waals surface area (Å²) in [6.45, 7) is 5.78. The number of rotatable bonds is 12. The minimum atomic E-state index is 0.199. The number of hydrogen-bond acceptors (Lipinski definition) is 3. The Kier molecular flexibility index (Phi) is 9.51. The van der Waals surface area contributed by atoms with Crippen LogP contribution in [0.2, 0.25) is 0 Å². The molecule has 21 heavy (non-hydrogen) atoms. The molecule has 0 spiro atoms. The van der Waals surface area contributed by atoms with Crippen LogP contribution in [0.15, 0.2) is 18.2 Å². The van der Waals surface area contributed by atoms with Crippen LogP contribution in [0.1, 0.15) is 65.2 Å². The lowest BCUT2D eigenvalue weighted by Gasteiger charge is -2.10. The van der Waals surface area contributed by atoms with E-state index in [0.717, 1.165) is 12.8 Å². The normalized spacial score (nSPS) is 10.6. The van der Waals surface area contributed by atoms with Crippen molar-refractivity contribution in [2.45, 2.75) is 65.2 Å². The molecule has 3 heteroatoms. The van der Waals surface area contributed by atoms with Gasteiger partial charge in [0.2, 0.25) is 0 Å². The van der Waals surface area contributed by atoms with Crippen LogP contribution in [0, 0.1) is 0 Å². The SMILES string of the molecule is CCCCCCOc1cc(O)cc(OCCCCCC)c1. The second kappa shape index (κ2) is 11.3. The van der Waals surface area contributed by atoms with Crippen molar-refractivity contribution in [3.05, 3.63) is 18.2 Å². The van der Waals surface area contributed by atoms with Gasteiger partial charge in [-0.2, -0.15) is 0 Å². The van der Waals surface area contributed by atoms with Crippen molar-refractivity contribution in [1.29, 1.82) is 0 Å². The van der Waals surface area contributed by atoms with E-state index in [2.05, 4.69) is 13.8 Å². The van der Waals surface area contributed by atoms with Gasteiger partial charge in [-0.3, -0.25) is 0 Å². The lowest BCUT2D eigenvalue weighted by atomic mass is 10.2. The maximum absolute atomic E-state index is 9.72. The number of unbranched alkanes of at least 4 members (excludes halogenated alkanes) is 6. The zero-order valence-electron chi connectivity index (χ0n) is 13.6. The van der Waals surface area contributed by atoms with Crippen LogP contribution in [0.3, 0.4) is 0 Å². The summed E-state index contributed by atoms with van der Waals surface area (Å²) in [5.74, 6) is 1.58. The van der Waals surface area contributed by atoms with Crippen LogP contribution in [0.25, 0.3) is 0 Å². The number of hydrogen-bond donors (Lipinski definition) is 1. The Balaban J connectivity index is 2.32. The smallest absolute Gasteiger partial charge is 0.126 e. The van der Waals surface area contributed by atoms with Crippen molar-refractivity contribution in [2.75, 3.05) is 13.2 Å². The van der Waals surface area contributed by atoms with Crippen LogP contribution < -0.4 is 9.47 Å². The molecule has 0 amide bonds. The summed E-state index contributed by atoms with van der Waals surface area (Å²) in [5.41, 5.74) is 0. The van der Waals surface area contributed by atoms with Crippen LogP contribution in [0.5, 0.6) is 17.2 Å². The first-order chi connectivity index (χ1) is 10.3. The Morgan fingerprint density at radius 1 is 0.714 bits per heavy atom. The molecule has 0 aliphatic carbocycles.